The van der Waals surface area contributed by atoms with Crippen molar-refractivity contribution in [3.63, 3.8) is 0 Å². The lowest BCUT2D eigenvalue weighted by Gasteiger charge is -2.32. The van der Waals surface area contributed by atoms with Gasteiger partial charge in [0.15, 0.2) is 0 Å². The molecule has 3 rings (SSSR count). The average Bonchev–Trinajstić information content (AvgIpc) is 2.87. The van der Waals surface area contributed by atoms with E-state index < -0.39 is 0 Å². The third-order valence-corrected chi connectivity index (χ3v) is 4.37. The molecule has 0 N–H and O–H groups in total. The van der Waals surface area contributed by atoms with E-state index in [0.717, 1.165) is 17.1 Å². The first-order valence-corrected chi connectivity index (χ1v) is 6.79. The van der Waals surface area contributed by atoms with E-state index >= 15 is 0 Å². The zero-order valence-electron chi connectivity index (χ0n) is 9.37. The summed E-state index contributed by atoms with van der Waals surface area (Å²) in [4.78, 5) is 8.07. The van der Waals surface area contributed by atoms with E-state index in [0.29, 0.717) is 0 Å². The van der Waals surface area contributed by atoms with Crippen LogP contribution in [0, 0.1) is 0 Å². The molecule has 1 atom stereocenters. The first kappa shape index (κ1) is 10.9. The van der Waals surface area contributed by atoms with Crippen molar-refractivity contribution in [2.75, 3.05) is 11.9 Å². The number of hydrogen-bond donors (Lipinski definition) is 1. The molecule has 0 amide bonds. The van der Waals surface area contributed by atoms with Crippen molar-refractivity contribution in [1.29, 1.82) is 0 Å². The predicted molar refractivity (Wildman–Crippen MR) is 78.1 cm³/mol. The van der Waals surface area contributed by atoms with Crippen molar-refractivity contribution in [2.45, 2.75) is 5.37 Å². The maximum absolute atomic E-state index is 4.73. The van der Waals surface area contributed by atoms with Crippen LogP contribution in [-0.4, -0.2) is 18.1 Å². The molecule has 17 heavy (non-hydrogen) atoms. The maximum Gasteiger partial charge on any atom is 0.116 e. The number of thiophene rings is 1. The van der Waals surface area contributed by atoms with E-state index in [1.807, 2.05) is 24.3 Å². The Morgan fingerprint density at radius 2 is 2.06 bits per heavy atom. The van der Waals surface area contributed by atoms with Crippen molar-refractivity contribution >= 4 is 41.1 Å². The fraction of sp³-hybridized carbons (Fsp3) is 0.154. The largest absolute Gasteiger partial charge is 0.356 e. The lowest BCUT2D eigenvalue weighted by Crippen LogP contribution is -2.36. The molecule has 1 unspecified atom stereocenters. The topological polar surface area (TPSA) is 15.6 Å². The van der Waals surface area contributed by atoms with Crippen LogP contribution in [-0.2, 0) is 0 Å². The summed E-state index contributed by atoms with van der Waals surface area (Å²) < 4.78 is 0. The van der Waals surface area contributed by atoms with Crippen LogP contribution < -0.4 is 4.90 Å². The van der Waals surface area contributed by atoms with E-state index in [1.54, 1.807) is 11.3 Å². The van der Waals surface area contributed by atoms with Gasteiger partial charge in [-0.1, -0.05) is 18.2 Å². The molecule has 86 valence electrons. The first-order valence-electron chi connectivity index (χ1n) is 5.40. The number of para-hydroxylation sites is 2. The molecule has 0 spiro atoms. The summed E-state index contributed by atoms with van der Waals surface area (Å²) in [6.07, 6.45) is 0. The molecule has 4 heteroatoms. The quantitative estimate of drug-likeness (QED) is 0.775. The van der Waals surface area contributed by atoms with E-state index in [9.17, 15) is 0 Å². The number of hydrogen-bond acceptors (Lipinski definition) is 4. The van der Waals surface area contributed by atoms with Crippen molar-refractivity contribution in [1.82, 2.24) is 0 Å². The van der Waals surface area contributed by atoms with Gasteiger partial charge in [-0.05, 0) is 23.6 Å². The highest BCUT2D eigenvalue weighted by molar-refractivity contribution is 7.82. The highest BCUT2D eigenvalue weighted by atomic mass is 32.1. The third kappa shape index (κ3) is 1.77. The molecule has 1 aliphatic heterocycles. The molecule has 0 saturated carbocycles. The first-order chi connectivity index (χ1) is 8.27. The molecule has 1 aromatic carbocycles. The molecule has 0 bridgehead atoms. The van der Waals surface area contributed by atoms with Crippen LogP contribution >= 0.6 is 24.0 Å². The highest BCUT2D eigenvalue weighted by Crippen LogP contribution is 2.36. The molecule has 0 radical (unpaired) electrons. The van der Waals surface area contributed by atoms with Gasteiger partial charge in [0.05, 0.1) is 22.0 Å². The van der Waals surface area contributed by atoms with Gasteiger partial charge in [0.2, 0.25) is 0 Å². The van der Waals surface area contributed by atoms with Crippen LogP contribution in [0.25, 0.3) is 0 Å². The molecule has 1 aliphatic rings. The average molecular weight is 260 g/mol. The Morgan fingerprint density at radius 1 is 1.24 bits per heavy atom. The van der Waals surface area contributed by atoms with Gasteiger partial charge in [0.25, 0.3) is 0 Å². The summed E-state index contributed by atoms with van der Waals surface area (Å²) in [5.74, 6) is 0. The van der Waals surface area contributed by atoms with Crippen molar-refractivity contribution in [2.24, 2.45) is 4.99 Å². The van der Waals surface area contributed by atoms with Crippen LogP contribution in [0.3, 0.4) is 0 Å². The standard InChI is InChI=1S/C13H12N2S2/c1-15-10-6-3-2-5-9(10)14-12(13(15)16)11-7-4-8-17-11/h2-8,13,16H,1H3. The maximum atomic E-state index is 4.73. The van der Waals surface area contributed by atoms with E-state index in [-0.39, 0.29) is 5.37 Å². The third-order valence-electron chi connectivity index (χ3n) is 2.89. The van der Waals surface area contributed by atoms with Gasteiger partial charge >= 0.3 is 0 Å². The number of thiol groups is 1. The summed E-state index contributed by atoms with van der Waals surface area (Å²) in [5.41, 5.74) is 3.18. The fourth-order valence-corrected chi connectivity index (χ4v) is 3.11. The summed E-state index contributed by atoms with van der Waals surface area (Å²) in [5, 5.41) is 2.09. The van der Waals surface area contributed by atoms with Crippen molar-refractivity contribution < 1.29 is 0 Å². The number of rotatable bonds is 1. The Labute approximate surface area is 110 Å². The normalized spacial score (nSPS) is 18.8. The van der Waals surface area contributed by atoms with E-state index in [2.05, 4.69) is 42.1 Å². The Morgan fingerprint density at radius 3 is 2.82 bits per heavy atom. The summed E-state index contributed by atoms with van der Waals surface area (Å²) in [6, 6.07) is 12.3. The Bertz CT molecular complexity index is 561. The van der Waals surface area contributed by atoms with Crippen LogP contribution in [0.1, 0.15) is 4.88 Å². The highest BCUT2D eigenvalue weighted by Gasteiger charge is 2.25. The molecule has 0 aliphatic carbocycles. The SMILES string of the molecule is CN1c2ccccc2N=C(c2cccs2)C1S. The molecular weight excluding hydrogens is 248 g/mol. The number of nitrogens with zero attached hydrogens (tertiary/aromatic N) is 2. The van der Waals surface area contributed by atoms with Gasteiger partial charge in [0, 0.05) is 7.05 Å². The van der Waals surface area contributed by atoms with Gasteiger partial charge in [-0.15, -0.1) is 24.0 Å². The fourth-order valence-electron chi connectivity index (χ4n) is 1.97. The van der Waals surface area contributed by atoms with E-state index in [1.165, 1.54) is 4.88 Å². The van der Waals surface area contributed by atoms with Gasteiger partial charge in [0.1, 0.15) is 5.37 Å². The monoisotopic (exact) mass is 260 g/mol. The minimum atomic E-state index is 0.0172. The summed E-state index contributed by atoms with van der Waals surface area (Å²) in [6.45, 7) is 0. The zero-order valence-corrected chi connectivity index (χ0v) is 11.1. The van der Waals surface area contributed by atoms with Gasteiger partial charge in [-0.3, -0.25) is 0 Å². The molecular formula is C13H12N2S2. The molecule has 2 heterocycles. The van der Waals surface area contributed by atoms with Crippen molar-refractivity contribution in [3.8, 4) is 0 Å². The molecule has 0 fully saturated rings. The van der Waals surface area contributed by atoms with E-state index in [4.69, 9.17) is 4.99 Å². The number of aliphatic imine (C=N–C) groups is 1. The minimum absolute atomic E-state index is 0.0172. The lowest BCUT2D eigenvalue weighted by atomic mass is 10.1. The summed E-state index contributed by atoms with van der Waals surface area (Å²) >= 11 is 6.37. The molecule has 2 nitrogen and oxygen atoms in total. The number of anilines is 1. The number of fused-ring (bicyclic) bond motifs is 1. The van der Waals surface area contributed by atoms with Gasteiger partial charge in [-0.2, -0.15) is 0 Å². The van der Waals surface area contributed by atoms with Crippen LogP contribution in [0.2, 0.25) is 0 Å². The smallest absolute Gasteiger partial charge is 0.116 e. The van der Waals surface area contributed by atoms with Gasteiger partial charge in [-0.25, -0.2) is 4.99 Å². The van der Waals surface area contributed by atoms with Crippen LogP contribution in [0.15, 0.2) is 46.8 Å². The zero-order chi connectivity index (χ0) is 11.8. The Kier molecular flexibility index (Phi) is 2.68. The van der Waals surface area contributed by atoms with Gasteiger partial charge < -0.3 is 4.90 Å². The second-order valence-electron chi connectivity index (χ2n) is 3.95. The second-order valence-corrected chi connectivity index (χ2v) is 5.38. The Hall–Kier alpha value is -1.26. The van der Waals surface area contributed by atoms with Crippen molar-refractivity contribution in [3.05, 3.63) is 46.7 Å². The molecule has 2 aromatic rings. The van der Waals surface area contributed by atoms with Crippen LogP contribution in [0.5, 0.6) is 0 Å². The summed E-state index contributed by atoms with van der Waals surface area (Å²) in [7, 11) is 2.05. The molecule has 1 aromatic heterocycles. The Balaban J connectivity index is 2.15. The number of likely N-dealkylation sites (N-methyl/N-ethyl adjacent to an activating group) is 1. The second kappa shape index (κ2) is 4.20. The predicted octanol–water partition coefficient (Wildman–Crippen LogP) is 3.57. The minimum Gasteiger partial charge on any atom is -0.356 e. The lowest BCUT2D eigenvalue weighted by molar-refractivity contribution is 0.995. The number of benzene rings is 1. The van der Waals surface area contributed by atoms with Crippen LogP contribution in [0.4, 0.5) is 11.4 Å². The molecule has 0 saturated heterocycles.